The molecule has 0 aliphatic carbocycles. The molecule has 0 aromatic heterocycles. The van der Waals surface area contributed by atoms with Crippen molar-refractivity contribution >= 4 is 0 Å². The molecule has 1 aromatic rings. The van der Waals surface area contributed by atoms with E-state index in [0.717, 1.165) is 12.0 Å². The van der Waals surface area contributed by atoms with Crippen LogP contribution >= 0.6 is 0 Å². The molecule has 66 valence electrons. The van der Waals surface area contributed by atoms with E-state index in [2.05, 4.69) is 13.2 Å². The monoisotopic (exact) mass is 166 g/mol. The third-order valence-electron chi connectivity index (χ3n) is 1.45. The fourth-order valence-corrected chi connectivity index (χ4v) is 0.789. The topological polar surface area (TPSA) is 40.5 Å². The number of benzene rings is 1. The molecule has 0 unspecified atom stereocenters. The maximum Gasteiger partial charge on any atom is 0.157 e. The Morgan fingerprint density at radius 1 is 1.17 bits per heavy atom. The van der Waals surface area contributed by atoms with E-state index in [0.29, 0.717) is 0 Å². The highest BCUT2D eigenvalue weighted by molar-refractivity contribution is 5.40. The van der Waals surface area contributed by atoms with Crippen molar-refractivity contribution in [3.05, 3.63) is 36.9 Å². The van der Waals surface area contributed by atoms with Gasteiger partial charge >= 0.3 is 0 Å². The third kappa shape index (κ3) is 2.66. The van der Waals surface area contributed by atoms with Crippen LogP contribution in [-0.2, 0) is 6.42 Å². The Kier molecular flexibility index (Phi) is 4.61. The lowest BCUT2D eigenvalue weighted by molar-refractivity contribution is 0.403. The minimum atomic E-state index is -0.0581. The Labute approximate surface area is 72.8 Å². The normalized spacial score (nSPS) is 8.42. The van der Waals surface area contributed by atoms with E-state index >= 15 is 0 Å². The van der Waals surface area contributed by atoms with Crippen LogP contribution in [0.1, 0.15) is 12.5 Å². The summed E-state index contributed by atoms with van der Waals surface area (Å²) in [6.45, 7) is 7.99. The van der Waals surface area contributed by atoms with E-state index in [1.165, 1.54) is 6.07 Å². The van der Waals surface area contributed by atoms with Gasteiger partial charge in [0.15, 0.2) is 11.5 Å². The number of hydrogen-bond donors (Lipinski definition) is 2. The summed E-state index contributed by atoms with van der Waals surface area (Å²) in [4.78, 5) is 0. The summed E-state index contributed by atoms with van der Waals surface area (Å²) >= 11 is 0. The van der Waals surface area contributed by atoms with E-state index in [1.54, 1.807) is 12.1 Å². The lowest BCUT2D eigenvalue weighted by Gasteiger charge is -1.98. The van der Waals surface area contributed by atoms with E-state index < -0.39 is 0 Å². The maximum atomic E-state index is 8.98. The first-order valence-corrected chi connectivity index (χ1v) is 3.75. The highest BCUT2D eigenvalue weighted by Gasteiger charge is 1.97. The van der Waals surface area contributed by atoms with Crippen molar-refractivity contribution in [1.29, 1.82) is 0 Å². The van der Waals surface area contributed by atoms with Crippen molar-refractivity contribution in [2.45, 2.75) is 13.3 Å². The summed E-state index contributed by atoms with van der Waals surface area (Å²) < 4.78 is 0. The van der Waals surface area contributed by atoms with Crippen LogP contribution in [0.3, 0.4) is 0 Å². The molecular weight excluding hydrogens is 152 g/mol. The summed E-state index contributed by atoms with van der Waals surface area (Å²) in [6.07, 6.45) is 0.869. The Hall–Kier alpha value is -1.44. The molecule has 0 atom stereocenters. The molecule has 0 spiro atoms. The Bertz CT molecular complexity index is 244. The summed E-state index contributed by atoms with van der Waals surface area (Å²) in [5.41, 5.74) is 1.02. The van der Waals surface area contributed by atoms with E-state index in [9.17, 15) is 0 Å². The second-order valence-electron chi connectivity index (χ2n) is 2.18. The number of rotatable bonds is 1. The van der Waals surface area contributed by atoms with Gasteiger partial charge in [0.25, 0.3) is 0 Å². The van der Waals surface area contributed by atoms with Crippen LogP contribution in [0.5, 0.6) is 11.5 Å². The summed E-state index contributed by atoms with van der Waals surface area (Å²) in [7, 11) is 0. The van der Waals surface area contributed by atoms with Crippen LogP contribution in [0, 0.1) is 0 Å². The quantitative estimate of drug-likeness (QED) is 0.497. The van der Waals surface area contributed by atoms with Gasteiger partial charge in [0, 0.05) is 0 Å². The minimum Gasteiger partial charge on any atom is -0.504 e. The van der Waals surface area contributed by atoms with Gasteiger partial charge in [0.05, 0.1) is 0 Å². The molecule has 0 saturated heterocycles. The molecule has 1 aromatic carbocycles. The van der Waals surface area contributed by atoms with E-state index in [4.69, 9.17) is 10.2 Å². The number of phenolic OH excluding ortho intramolecular Hbond substituents is 2. The van der Waals surface area contributed by atoms with Gasteiger partial charge in [0.2, 0.25) is 0 Å². The minimum absolute atomic E-state index is 0.0423. The predicted molar refractivity (Wildman–Crippen MR) is 50.4 cm³/mol. The van der Waals surface area contributed by atoms with Crippen LogP contribution < -0.4 is 0 Å². The molecule has 0 radical (unpaired) electrons. The maximum absolute atomic E-state index is 8.98. The first-order valence-electron chi connectivity index (χ1n) is 3.75. The van der Waals surface area contributed by atoms with Crippen LogP contribution in [-0.4, -0.2) is 10.2 Å². The molecule has 0 amide bonds. The SMILES string of the molecule is C=C.CCc1ccc(O)c(O)c1. The van der Waals surface area contributed by atoms with E-state index in [1.807, 2.05) is 6.92 Å². The number of phenols is 2. The first-order chi connectivity index (χ1) is 5.74. The predicted octanol–water partition coefficient (Wildman–Crippen LogP) is 2.46. The molecule has 2 nitrogen and oxygen atoms in total. The van der Waals surface area contributed by atoms with Crippen molar-refractivity contribution in [1.82, 2.24) is 0 Å². The first kappa shape index (κ1) is 10.6. The van der Waals surface area contributed by atoms with Crippen molar-refractivity contribution in [2.24, 2.45) is 0 Å². The summed E-state index contributed by atoms with van der Waals surface area (Å²) in [6, 6.07) is 4.85. The molecule has 0 aliphatic heterocycles. The second-order valence-corrected chi connectivity index (χ2v) is 2.18. The molecular formula is C10H14O2. The zero-order chi connectivity index (χ0) is 9.56. The smallest absolute Gasteiger partial charge is 0.157 e. The molecule has 12 heavy (non-hydrogen) atoms. The van der Waals surface area contributed by atoms with Crippen LogP contribution in [0.4, 0.5) is 0 Å². The van der Waals surface area contributed by atoms with Gasteiger partial charge in [-0.25, -0.2) is 0 Å². The van der Waals surface area contributed by atoms with Crippen molar-refractivity contribution in [3.8, 4) is 11.5 Å². The molecule has 0 aliphatic rings. The molecule has 0 saturated carbocycles. The number of aromatic hydroxyl groups is 2. The molecule has 2 N–H and O–H groups in total. The van der Waals surface area contributed by atoms with Crippen molar-refractivity contribution in [3.63, 3.8) is 0 Å². The highest BCUT2D eigenvalue weighted by Crippen LogP contribution is 2.24. The summed E-state index contributed by atoms with van der Waals surface area (Å²) in [5.74, 6) is -0.100. The third-order valence-corrected chi connectivity index (χ3v) is 1.45. The van der Waals surface area contributed by atoms with Gasteiger partial charge in [0.1, 0.15) is 0 Å². The average molecular weight is 166 g/mol. The Balaban J connectivity index is 0.000000561. The summed E-state index contributed by atoms with van der Waals surface area (Å²) in [5, 5.41) is 17.9. The molecule has 1 rings (SSSR count). The van der Waals surface area contributed by atoms with Gasteiger partial charge < -0.3 is 10.2 Å². The zero-order valence-electron chi connectivity index (χ0n) is 7.25. The van der Waals surface area contributed by atoms with E-state index in [-0.39, 0.29) is 11.5 Å². The van der Waals surface area contributed by atoms with Gasteiger partial charge in [-0.2, -0.15) is 0 Å². The Morgan fingerprint density at radius 2 is 1.75 bits per heavy atom. The van der Waals surface area contributed by atoms with Crippen molar-refractivity contribution < 1.29 is 10.2 Å². The van der Waals surface area contributed by atoms with Gasteiger partial charge in [-0.3, -0.25) is 0 Å². The van der Waals surface area contributed by atoms with Gasteiger partial charge in [-0.1, -0.05) is 13.0 Å². The molecule has 2 heteroatoms. The van der Waals surface area contributed by atoms with Crippen LogP contribution in [0.25, 0.3) is 0 Å². The fourth-order valence-electron chi connectivity index (χ4n) is 0.789. The highest BCUT2D eigenvalue weighted by atomic mass is 16.3. The lowest BCUT2D eigenvalue weighted by Crippen LogP contribution is -1.77. The number of hydrogen-bond acceptors (Lipinski definition) is 2. The van der Waals surface area contributed by atoms with Crippen LogP contribution in [0.2, 0.25) is 0 Å². The van der Waals surface area contributed by atoms with Gasteiger partial charge in [-0.05, 0) is 24.1 Å². The van der Waals surface area contributed by atoms with Crippen molar-refractivity contribution in [2.75, 3.05) is 0 Å². The molecule has 0 bridgehead atoms. The standard InChI is InChI=1S/C8H10O2.C2H4/c1-2-6-3-4-7(9)8(10)5-6;1-2/h3-5,9-10H,2H2,1H3;1-2H2. The van der Waals surface area contributed by atoms with Gasteiger partial charge in [-0.15, -0.1) is 13.2 Å². The second kappa shape index (κ2) is 5.24. The molecule has 0 fully saturated rings. The average Bonchev–Trinajstić information content (AvgIpc) is 2.13. The fraction of sp³-hybridized carbons (Fsp3) is 0.200. The molecule has 0 heterocycles. The van der Waals surface area contributed by atoms with Crippen LogP contribution in [0.15, 0.2) is 31.4 Å². The number of aryl methyl sites for hydroxylation is 1. The Morgan fingerprint density at radius 3 is 2.17 bits per heavy atom. The zero-order valence-corrected chi connectivity index (χ0v) is 7.25. The lowest BCUT2D eigenvalue weighted by atomic mass is 10.1. The largest absolute Gasteiger partial charge is 0.504 e.